The van der Waals surface area contributed by atoms with E-state index in [2.05, 4.69) is 15.1 Å². The predicted octanol–water partition coefficient (Wildman–Crippen LogP) is 2.54. The SMILES string of the molecule is CC1(N2C(=O)C3C(c4nc(C5CCOC5)no4)N=CN3c3ccc(F)cc32)CCCO1. The number of hydrogen-bond acceptors (Lipinski definition) is 8. The monoisotopic (exact) mass is 427 g/mol. The summed E-state index contributed by atoms with van der Waals surface area (Å²) in [5.41, 5.74) is 0.324. The van der Waals surface area contributed by atoms with Gasteiger partial charge in [-0.25, -0.2) is 4.39 Å². The molecule has 1 aromatic carbocycles. The number of aromatic nitrogens is 2. The lowest BCUT2D eigenvalue weighted by molar-refractivity contribution is -0.125. The molecule has 10 heteroatoms. The van der Waals surface area contributed by atoms with Crippen LogP contribution in [0.2, 0.25) is 0 Å². The minimum Gasteiger partial charge on any atom is -0.381 e. The smallest absolute Gasteiger partial charge is 0.255 e. The molecule has 2 saturated heterocycles. The van der Waals surface area contributed by atoms with Gasteiger partial charge in [-0.05, 0) is 44.4 Å². The molecule has 4 atom stereocenters. The second kappa shape index (κ2) is 6.83. The maximum Gasteiger partial charge on any atom is 0.255 e. The van der Waals surface area contributed by atoms with Crippen LogP contribution in [0.1, 0.15) is 49.9 Å². The van der Waals surface area contributed by atoms with Crippen LogP contribution in [0.5, 0.6) is 0 Å². The standard InChI is InChI=1S/C21H22FN5O4/c1-21(6-2-7-30-21)27-15-9-13(22)3-4-14(15)26-11-23-16(17(26)20(27)28)19-24-18(25-31-19)12-5-8-29-10-12/h3-4,9,11-12,16-17H,2,5-8,10H2,1H3. The van der Waals surface area contributed by atoms with Crippen molar-refractivity contribution in [2.24, 2.45) is 4.99 Å². The Morgan fingerprint density at radius 1 is 1.26 bits per heavy atom. The Kier molecular flexibility index (Phi) is 4.16. The molecule has 0 radical (unpaired) electrons. The van der Waals surface area contributed by atoms with E-state index < -0.39 is 23.6 Å². The molecule has 6 rings (SSSR count). The molecular formula is C21H22FN5O4. The normalized spacial score (nSPS) is 32.1. The first-order chi connectivity index (χ1) is 15.0. The second-order valence-electron chi connectivity index (χ2n) is 8.55. The maximum atomic E-state index is 14.2. The van der Waals surface area contributed by atoms with Gasteiger partial charge in [-0.2, -0.15) is 4.98 Å². The zero-order valence-corrected chi connectivity index (χ0v) is 17.0. The van der Waals surface area contributed by atoms with Crippen molar-refractivity contribution < 1.29 is 23.2 Å². The van der Waals surface area contributed by atoms with Gasteiger partial charge in [-0.1, -0.05) is 5.16 Å². The molecule has 9 nitrogen and oxygen atoms in total. The number of benzene rings is 1. The zero-order chi connectivity index (χ0) is 21.2. The summed E-state index contributed by atoms with van der Waals surface area (Å²) in [6.07, 6.45) is 3.93. The number of rotatable bonds is 3. The van der Waals surface area contributed by atoms with Crippen LogP contribution >= 0.6 is 0 Å². The molecule has 0 saturated carbocycles. The highest BCUT2D eigenvalue weighted by molar-refractivity contribution is 6.12. The van der Waals surface area contributed by atoms with Gasteiger partial charge in [0, 0.05) is 19.1 Å². The van der Waals surface area contributed by atoms with E-state index in [0.717, 1.165) is 12.8 Å². The van der Waals surface area contributed by atoms with E-state index in [4.69, 9.17) is 14.0 Å². The number of carbonyl (C=O) groups is 1. The first-order valence-electron chi connectivity index (χ1n) is 10.6. The third-order valence-electron chi connectivity index (χ3n) is 6.56. The molecule has 5 heterocycles. The van der Waals surface area contributed by atoms with Crippen LogP contribution in [-0.2, 0) is 14.3 Å². The van der Waals surface area contributed by atoms with Gasteiger partial charge in [-0.15, -0.1) is 0 Å². The maximum absolute atomic E-state index is 14.2. The van der Waals surface area contributed by atoms with Crippen LogP contribution in [-0.4, -0.2) is 54.0 Å². The number of amides is 1. The molecule has 4 aliphatic rings. The van der Waals surface area contributed by atoms with Crippen LogP contribution in [0, 0.1) is 5.82 Å². The Morgan fingerprint density at radius 3 is 2.94 bits per heavy atom. The Balaban J connectivity index is 1.40. The zero-order valence-electron chi connectivity index (χ0n) is 17.0. The predicted molar refractivity (Wildman–Crippen MR) is 107 cm³/mol. The number of fused-ring (bicyclic) bond motifs is 3. The number of nitrogens with zero attached hydrogens (tertiary/aromatic N) is 5. The second-order valence-corrected chi connectivity index (χ2v) is 8.55. The van der Waals surface area contributed by atoms with Crippen molar-refractivity contribution in [2.45, 2.75) is 49.9 Å². The van der Waals surface area contributed by atoms with Gasteiger partial charge in [0.15, 0.2) is 11.9 Å². The van der Waals surface area contributed by atoms with Crippen LogP contribution in [0.4, 0.5) is 15.8 Å². The molecule has 1 aromatic heterocycles. The lowest BCUT2D eigenvalue weighted by Crippen LogP contribution is -2.60. The van der Waals surface area contributed by atoms with E-state index in [9.17, 15) is 9.18 Å². The van der Waals surface area contributed by atoms with Crippen molar-refractivity contribution >= 4 is 23.6 Å². The van der Waals surface area contributed by atoms with Crippen molar-refractivity contribution in [3.8, 4) is 0 Å². The minimum absolute atomic E-state index is 0.0899. The van der Waals surface area contributed by atoms with Gasteiger partial charge in [0.1, 0.15) is 17.6 Å². The minimum atomic E-state index is -0.847. The van der Waals surface area contributed by atoms with E-state index in [-0.39, 0.29) is 11.8 Å². The summed E-state index contributed by atoms with van der Waals surface area (Å²) in [7, 11) is 0. The number of carbonyl (C=O) groups excluding carboxylic acids is 1. The molecule has 0 spiro atoms. The highest BCUT2D eigenvalue weighted by Crippen LogP contribution is 2.47. The van der Waals surface area contributed by atoms with Gasteiger partial charge < -0.3 is 18.9 Å². The molecule has 1 amide bonds. The topological polar surface area (TPSA) is 93.3 Å². The Bertz CT molecular complexity index is 1060. The molecule has 2 aromatic rings. The van der Waals surface area contributed by atoms with Gasteiger partial charge in [-0.3, -0.25) is 14.7 Å². The largest absolute Gasteiger partial charge is 0.381 e. The highest BCUT2D eigenvalue weighted by atomic mass is 19.1. The van der Waals surface area contributed by atoms with E-state index in [1.165, 1.54) is 12.1 Å². The van der Waals surface area contributed by atoms with Crippen molar-refractivity contribution in [1.82, 2.24) is 10.1 Å². The lowest BCUT2D eigenvalue weighted by Gasteiger charge is -2.45. The third kappa shape index (κ3) is 2.81. The number of aliphatic imine (C=N–C) groups is 1. The summed E-state index contributed by atoms with van der Waals surface area (Å²) in [4.78, 5) is 26.2. The van der Waals surface area contributed by atoms with Gasteiger partial charge in [0.05, 0.1) is 24.3 Å². The van der Waals surface area contributed by atoms with Crippen LogP contribution in [0.15, 0.2) is 27.7 Å². The number of anilines is 2. The summed E-state index contributed by atoms with van der Waals surface area (Å²) in [6.45, 7) is 3.66. The average Bonchev–Trinajstić information content (AvgIpc) is 3.53. The van der Waals surface area contributed by atoms with E-state index in [1.54, 1.807) is 22.2 Å². The lowest BCUT2D eigenvalue weighted by atomic mass is 9.97. The van der Waals surface area contributed by atoms with Gasteiger partial charge in [0.25, 0.3) is 11.8 Å². The van der Waals surface area contributed by atoms with Crippen LogP contribution in [0.25, 0.3) is 0 Å². The number of hydrogen-bond donors (Lipinski definition) is 0. The fourth-order valence-corrected chi connectivity index (χ4v) is 4.96. The Labute approximate surface area is 177 Å². The molecule has 4 unspecified atom stereocenters. The van der Waals surface area contributed by atoms with E-state index in [0.29, 0.717) is 49.3 Å². The summed E-state index contributed by atoms with van der Waals surface area (Å²) < 4.78 is 31.1. The number of halogens is 1. The summed E-state index contributed by atoms with van der Waals surface area (Å²) in [5.74, 6) is 0.322. The fraction of sp³-hybridized carbons (Fsp3) is 0.524. The van der Waals surface area contributed by atoms with Crippen molar-refractivity contribution in [2.75, 3.05) is 29.6 Å². The summed E-state index contributed by atoms with van der Waals surface area (Å²) in [5, 5.41) is 4.11. The van der Waals surface area contributed by atoms with Gasteiger partial charge >= 0.3 is 0 Å². The third-order valence-corrected chi connectivity index (χ3v) is 6.56. The molecule has 2 fully saturated rings. The fourth-order valence-electron chi connectivity index (χ4n) is 4.96. The molecule has 162 valence electrons. The first-order valence-corrected chi connectivity index (χ1v) is 10.6. The van der Waals surface area contributed by atoms with Gasteiger partial charge in [0.2, 0.25) is 0 Å². The first kappa shape index (κ1) is 18.9. The molecule has 0 bridgehead atoms. The Hall–Kier alpha value is -2.85. The van der Waals surface area contributed by atoms with E-state index in [1.807, 2.05) is 6.92 Å². The quantitative estimate of drug-likeness (QED) is 0.743. The highest BCUT2D eigenvalue weighted by Gasteiger charge is 2.53. The molecule has 0 aliphatic carbocycles. The van der Waals surface area contributed by atoms with Crippen molar-refractivity contribution in [3.05, 3.63) is 35.7 Å². The molecular weight excluding hydrogens is 405 g/mol. The van der Waals surface area contributed by atoms with Crippen LogP contribution < -0.4 is 9.80 Å². The summed E-state index contributed by atoms with van der Waals surface area (Å²) >= 11 is 0. The molecule has 0 N–H and O–H groups in total. The van der Waals surface area contributed by atoms with Crippen molar-refractivity contribution in [3.63, 3.8) is 0 Å². The van der Waals surface area contributed by atoms with Crippen molar-refractivity contribution in [1.29, 1.82) is 0 Å². The number of ether oxygens (including phenoxy) is 2. The Morgan fingerprint density at radius 2 is 2.16 bits per heavy atom. The average molecular weight is 427 g/mol. The van der Waals surface area contributed by atoms with E-state index >= 15 is 0 Å². The summed E-state index contributed by atoms with van der Waals surface area (Å²) in [6, 6.07) is 3.07. The molecule has 4 aliphatic heterocycles. The molecule has 31 heavy (non-hydrogen) atoms. The van der Waals surface area contributed by atoms with Crippen LogP contribution in [0.3, 0.4) is 0 Å².